The van der Waals surface area contributed by atoms with E-state index in [-0.39, 0.29) is 12.0 Å². The fourth-order valence-electron chi connectivity index (χ4n) is 1.49. The molecule has 0 saturated carbocycles. The van der Waals surface area contributed by atoms with Crippen molar-refractivity contribution in [1.82, 2.24) is 0 Å². The third-order valence-corrected chi connectivity index (χ3v) is 2.93. The predicted octanol–water partition coefficient (Wildman–Crippen LogP) is 1.93. The van der Waals surface area contributed by atoms with Gasteiger partial charge in [0, 0.05) is 12.0 Å². The van der Waals surface area contributed by atoms with Gasteiger partial charge in [0.05, 0.1) is 13.2 Å². The Morgan fingerprint density at radius 1 is 1.29 bits per heavy atom. The van der Waals surface area contributed by atoms with Crippen LogP contribution in [0.3, 0.4) is 0 Å². The van der Waals surface area contributed by atoms with Gasteiger partial charge in [0.15, 0.2) is 0 Å². The van der Waals surface area contributed by atoms with Crippen molar-refractivity contribution >= 4 is 0 Å². The minimum Gasteiger partial charge on any atom is -0.493 e. The highest BCUT2D eigenvalue weighted by Crippen LogP contribution is 2.24. The van der Waals surface area contributed by atoms with Crippen LogP contribution in [-0.4, -0.2) is 24.9 Å². The number of nitrogens with two attached hydrogens (primary N) is 1. The highest BCUT2D eigenvalue weighted by molar-refractivity contribution is 5.32. The van der Waals surface area contributed by atoms with Crippen molar-refractivity contribution in [3.05, 3.63) is 29.8 Å². The minimum absolute atomic E-state index is 0.0513. The molecule has 0 spiro atoms. The topological polar surface area (TPSA) is 55.5 Å². The molecule has 96 valence electrons. The molecule has 0 bridgehead atoms. The number of aliphatic hydroxyl groups is 1. The Bertz CT molecular complexity index is 329. The Kier molecular flexibility index (Phi) is 4.97. The second kappa shape index (κ2) is 6.03. The second-order valence-electron chi connectivity index (χ2n) is 5.15. The van der Waals surface area contributed by atoms with E-state index in [2.05, 4.69) is 13.8 Å². The summed E-state index contributed by atoms with van der Waals surface area (Å²) >= 11 is 0. The summed E-state index contributed by atoms with van der Waals surface area (Å²) in [6.45, 7) is 7.38. The maximum Gasteiger partial charge on any atom is 0.119 e. The van der Waals surface area contributed by atoms with Gasteiger partial charge < -0.3 is 15.6 Å². The first kappa shape index (κ1) is 14.0. The fraction of sp³-hybridized carbons (Fsp3) is 0.571. The molecule has 1 unspecified atom stereocenters. The number of aliphatic hydroxyl groups excluding tert-OH is 1. The van der Waals surface area contributed by atoms with E-state index in [1.54, 1.807) is 0 Å². The number of rotatable bonds is 6. The number of hydrogen-bond donors (Lipinski definition) is 2. The molecule has 1 rings (SSSR count). The third-order valence-electron chi connectivity index (χ3n) is 2.93. The van der Waals surface area contributed by atoms with Crippen molar-refractivity contribution < 1.29 is 9.84 Å². The minimum atomic E-state index is -0.365. The third kappa shape index (κ3) is 3.72. The average molecular weight is 237 g/mol. The molecule has 0 aromatic heterocycles. The lowest BCUT2D eigenvalue weighted by molar-refractivity contribution is 0.210. The predicted molar refractivity (Wildman–Crippen MR) is 70.3 cm³/mol. The van der Waals surface area contributed by atoms with E-state index in [9.17, 15) is 5.11 Å². The summed E-state index contributed by atoms with van der Waals surface area (Å²) in [5.74, 6) is 1.38. The van der Waals surface area contributed by atoms with Crippen LogP contribution in [0.25, 0.3) is 0 Å². The normalized spacial score (nSPS) is 14.7. The summed E-state index contributed by atoms with van der Waals surface area (Å²) in [5.41, 5.74) is 6.37. The molecule has 1 aromatic carbocycles. The lowest BCUT2D eigenvalue weighted by Gasteiger charge is -2.26. The molecule has 0 saturated heterocycles. The SMILES string of the molecule is CC(C)COc1ccc(C(C)(CN)CO)cc1. The molecule has 3 N–H and O–H groups in total. The van der Waals surface area contributed by atoms with E-state index in [4.69, 9.17) is 10.5 Å². The van der Waals surface area contributed by atoms with Crippen LogP contribution in [-0.2, 0) is 5.41 Å². The number of hydrogen-bond acceptors (Lipinski definition) is 3. The van der Waals surface area contributed by atoms with Crippen molar-refractivity contribution in [1.29, 1.82) is 0 Å². The quantitative estimate of drug-likeness (QED) is 0.795. The molecule has 0 aliphatic rings. The van der Waals surface area contributed by atoms with Crippen molar-refractivity contribution in [2.45, 2.75) is 26.2 Å². The highest BCUT2D eigenvalue weighted by Gasteiger charge is 2.23. The summed E-state index contributed by atoms with van der Waals surface area (Å²) in [7, 11) is 0. The molecule has 0 radical (unpaired) electrons. The van der Waals surface area contributed by atoms with Crippen molar-refractivity contribution in [3.8, 4) is 5.75 Å². The van der Waals surface area contributed by atoms with Gasteiger partial charge >= 0.3 is 0 Å². The molecule has 1 aromatic rings. The zero-order valence-electron chi connectivity index (χ0n) is 10.9. The lowest BCUT2D eigenvalue weighted by atomic mass is 9.83. The maximum atomic E-state index is 9.37. The largest absolute Gasteiger partial charge is 0.493 e. The molecule has 0 fully saturated rings. The van der Waals surface area contributed by atoms with Crippen LogP contribution in [0.1, 0.15) is 26.3 Å². The van der Waals surface area contributed by atoms with Gasteiger partial charge in [-0.15, -0.1) is 0 Å². The van der Waals surface area contributed by atoms with Gasteiger partial charge in [0.2, 0.25) is 0 Å². The van der Waals surface area contributed by atoms with Gasteiger partial charge in [0.1, 0.15) is 5.75 Å². The number of ether oxygens (including phenoxy) is 1. The molecule has 0 aliphatic carbocycles. The molecule has 0 aliphatic heterocycles. The zero-order chi connectivity index (χ0) is 12.9. The Morgan fingerprint density at radius 3 is 2.29 bits per heavy atom. The van der Waals surface area contributed by atoms with Gasteiger partial charge in [-0.1, -0.05) is 32.9 Å². The van der Waals surface area contributed by atoms with E-state index in [0.29, 0.717) is 19.1 Å². The zero-order valence-corrected chi connectivity index (χ0v) is 10.9. The smallest absolute Gasteiger partial charge is 0.119 e. The maximum absolute atomic E-state index is 9.37. The number of benzene rings is 1. The summed E-state index contributed by atoms with van der Waals surface area (Å²) in [6, 6.07) is 7.81. The van der Waals surface area contributed by atoms with Crippen LogP contribution in [0, 0.1) is 5.92 Å². The van der Waals surface area contributed by atoms with Crippen molar-refractivity contribution in [2.24, 2.45) is 11.7 Å². The summed E-state index contributed by atoms with van der Waals surface area (Å²) < 4.78 is 5.61. The first-order valence-corrected chi connectivity index (χ1v) is 6.06. The van der Waals surface area contributed by atoms with Gasteiger partial charge in [-0.25, -0.2) is 0 Å². The van der Waals surface area contributed by atoms with E-state index < -0.39 is 0 Å². The molecule has 0 amide bonds. The molecule has 1 atom stereocenters. The Balaban J connectivity index is 2.73. The summed E-state index contributed by atoms with van der Waals surface area (Å²) in [4.78, 5) is 0. The molecular weight excluding hydrogens is 214 g/mol. The van der Waals surface area contributed by atoms with Gasteiger partial charge in [-0.3, -0.25) is 0 Å². The highest BCUT2D eigenvalue weighted by atomic mass is 16.5. The average Bonchev–Trinajstić information content (AvgIpc) is 2.36. The molecule has 0 heterocycles. The standard InChI is InChI=1S/C14H23NO2/c1-11(2)8-17-13-6-4-12(5-7-13)14(3,9-15)10-16/h4-7,11,16H,8-10,15H2,1-3H3. The monoisotopic (exact) mass is 237 g/mol. The van der Waals surface area contributed by atoms with Gasteiger partial charge in [-0.05, 0) is 23.6 Å². The lowest BCUT2D eigenvalue weighted by Crippen LogP contribution is -2.35. The van der Waals surface area contributed by atoms with Crippen LogP contribution in [0.2, 0.25) is 0 Å². The first-order chi connectivity index (χ1) is 8.01. The van der Waals surface area contributed by atoms with E-state index in [0.717, 1.165) is 11.3 Å². The van der Waals surface area contributed by atoms with Crippen LogP contribution in [0.15, 0.2) is 24.3 Å². The molecular formula is C14H23NO2. The Hall–Kier alpha value is -1.06. The van der Waals surface area contributed by atoms with Crippen molar-refractivity contribution in [3.63, 3.8) is 0 Å². The molecule has 3 nitrogen and oxygen atoms in total. The summed E-state index contributed by atoms with van der Waals surface area (Å²) in [5, 5.41) is 9.37. The Morgan fingerprint density at radius 2 is 1.88 bits per heavy atom. The second-order valence-corrected chi connectivity index (χ2v) is 5.15. The van der Waals surface area contributed by atoms with Crippen LogP contribution < -0.4 is 10.5 Å². The summed E-state index contributed by atoms with van der Waals surface area (Å²) in [6.07, 6.45) is 0. The van der Waals surface area contributed by atoms with Gasteiger partial charge in [-0.2, -0.15) is 0 Å². The first-order valence-electron chi connectivity index (χ1n) is 6.06. The van der Waals surface area contributed by atoms with Crippen LogP contribution >= 0.6 is 0 Å². The van der Waals surface area contributed by atoms with Crippen LogP contribution in [0.4, 0.5) is 0 Å². The van der Waals surface area contributed by atoms with Gasteiger partial charge in [0.25, 0.3) is 0 Å². The fourth-order valence-corrected chi connectivity index (χ4v) is 1.49. The van der Waals surface area contributed by atoms with E-state index >= 15 is 0 Å². The van der Waals surface area contributed by atoms with Crippen molar-refractivity contribution in [2.75, 3.05) is 19.8 Å². The van der Waals surface area contributed by atoms with E-state index in [1.807, 2.05) is 31.2 Å². The molecule has 3 heteroatoms. The van der Waals surface area contributed by atoms with E-state index in [1.165, 1.54) is 0 Å². The Labute approximate surface area is 104 Å². The van der Waals surface area contributed by atoms with Crippen LogP contribution in [0.5, 0.6) is 5.75 Å². The molecule has 17 heavy (non-hydrogen) atoms.